The van der Waals surface area contributed by atoms with Crippen LogP contribution in [0.15, 0.2) is 54.7 Å². The van der Waals surface area contributed by atoms with Gasteiger partial charge < -0.3 is 0 Å². The number of hydrogen-bond acceptors (Lipinski definition) is 4. The van der Waals surface area contributed by atoms with Gasteiger partial charge in [-0.2, -0.15) is 0 Å². The predicted molar refractivity (Wildman–Crippen MR) is 83.5 cm³/mol. The molecule has 3 aromatic rings. The molecule has 4 nitrogen and oxygen atoms in total. The summed E-state index contributed by atoms with van der Waals surface area (Å²) in [5, 5.41) is 0. The van der Waals surface area contributed by atoms with Crippen LogP contribution in [0.2, 0.25) is 0 Å². The molecule has 1 atom stereocenters. The molecular weight excluding hydrogens is 260 g/mol. The van der Waals surface area contributed by atoms with E-state index in [9.17, 15) is 0 Å². The van der Waals surface area contributed by atoms with Crippen LogP contribution in [-0.2, 0) is 0 Å². The molecule has 104 valence electrons. The molecule has 4 heteroatoms. The minimum absolute atomic E-state index is 0.373. The van der Waals surface area contributed by atoms with E-state index in [0.717, 1.165) is 35.3 Å². The fourth-order valence-electron chi connectivity index (χ4n) is 2.75. The van der Waals surface area contributed by atoms with Crippen LogP contribution in [0.1, 0.15) is 18.0 Å². The van der Waals surface area contributed by atoms with E-state index in [-0.39, 0.29) is 0 Å². The standard InChI is InChI=1S/C17H16N4/c1-2-7-16-15(6-1)18-11-17(20-16)13-5-3-4-12(10-13)14-8-9-19-21-14/h1-7,10-11,14,19,21H,8-9H2. The Morgan fingerprint density at radius 3 is 2.76 bits per heavy atom. The Labute approximate surface area is 123 Å². The molecule has 1 aliphatic heterocycles. The second-order valence-electron chi connectivity index (χ2n) is 5.28. The number of benzene rings is 2. The van der Waals surface area contributed by atoms with Crippen LogP contribution in [0.4, 0.5) is 0 Å². The molecule has 2 aromatic carbocycles. The van der Waals surface area contributed by atoms with Crippen molar-refractivity contribution in [2.75, 3.05) is 6.54 Å². The Morgan fingerprint density at radius 2 is 1.90 bits per heavy atom. The first kappa shape index (κ1) is 12.4. The molecule has 1 aliphatic rings. The summed E-state index contributed by atoms with van der Waals surface area (Å²) in [5.74, 6) is 0. The summed E-state index contributed by atoms with van der Waals surface area (Å²) in [4.78, 5) is 9.21. The molecule has 0 spiro atoms. The van der Waals surface area contributed by atoms with Gasteiger partial charge in [-0.25, -0.2) is 4.98 Å². The van der Waals surface area contributed by atoms with Crippen molar-refractivity contribution in [1.82, 2.24) is 20.8 Å². The average molecular weight is 276 g/mol. The van der Waals surface area contributed by atoms with Crippen LogP contribution in [0.3, 0.4) is 0 Å². The lowest BCUT2D eigenvalue weighted by Crippen LogP contribution is -2.24. The van der Waals surface area contributed by atoms with Gasteiger partial charge >= 0.3 is 0 Å². The summed E-state index contributed by atoms with van der Waals surface area (Å²) in [7, 11) is 0. The van der Waals surface area contributed by atoms with Crippen LogP contribution in [0.25, 0.3) is 22.3 Å². The van der Waals surface area contributed by atoms with Gasteiger partial charge in [0.2, 0.25) is 0 Å². The smallest absolute Gasteiger partial charge is 0.0894 e. The van der Waals surface area contributed by atoms with Crippen molar-refractivity contribution in [3.8, 4) is 11.3 Å². The van der Waals surface area contributed by atoms with E-state index in [2.05, 4.69) is 40.1 Å². The molecule has 0 bridgehead atoms. The van der Waals surface area contributed by atoms with Crippen LogP contribution in [0, 0.1) is 0 Å². The number of hydrazine groups is 1. The molecule has 1 saturated heterocycles. The first-order valence-corrected chi connectivity index (χ1v) is 7.21. The maximum absolute atomic E-state index is 4.71. The highest BCUT2D eigenvalue weighted by Crippen LogP contribution is 2.25. The van der Waals surface area contributed by atoms with Crippen molar-refractivity contribution < 1.29 is 0 Å². The predicted octanol–water partition coefficient (Wildman–Crippen LogP) is 2.84. The molecule has 0 aliphatic carbocycles. The van der Waals surface area contributed by atoms with E-state index in [1.807, 2.05) is 30.5 Å². The molecule has 0 radical (unpaired) electrons. The quantitative estimate of drug-likeness (QED) is 0.755. The van der Waals surface area contributed by atoms with Gasteiger partial charge in [0.25, 0.3) is 0 Å². The maximum Gasteiger partial charge on any atom is 0.0894 e. The molecule has 0 saturated carbocycles. The highest BCUT2D eigenvalue weighted by atomic mass is 15.4. The topological polar surface area (TPSA) is 49.8 Å². The molecule has 1 aromatic heterocycles. The minimum atomic E-state index is 0.373. The molecule has 4 rings (SSSR count). The third kappa shape index (κ3) is 2.39. The first-order chi connectivity index (χ1) is 10.4. The van der Waals surface area contributed by atoms with Crippen molar-refractivity contribution in [3.05, 3.63) is 60.3 Å². The molecule has 2 heterocycles. The normalized spacial score (nSPS) is 18.2. The van der Waals surface area contributed by atoms with Crippen LogP contribution in [-0.4, -0.2) is 16.5 Å². The SMILES string of the molecule is c1cc(-c2cnc3ccccc3n2)cc(C2CCNN2)c1. The van der Waals surface area contributed by atoms with E-state index in [1.165, 1.54) is 5.56 Å². The zero-order valence-corrected chi connectivity index (χ0v) is 11.6. The molecular formula is C17H16N4. The molecule has 21 heavy (non-hydrogen) atoms. The van der Waals surface area contributed by atoms with Crippen molar-refractivity contribution in [2.45, 2.75) is 12.5 Å². The minimum Gasteiger partial charge on any atom is -0.257 e. The van der Waals surface area contributed by atoms with Crippen LogP contribution >= 0.6 is 0 Å². The van der Waals surface area contributed by atoms with E-state index in [0.29, 0.717) is 6.04 Å². The summed E-state index contributed by atoms with van der Waals surface area (Å²) in [6.07, 6.45) is 2.95. The van der Waals surface area contributed by atoms with Gasteiger partial charge in [0.05, 0.1) is 22.9 Å². The Morgan fingerprint density at radius 1 is 1.00 bits per heavy atom. The zero-order valence-electron chi connectivity index (χ0n) is 11.6. The summed E-state index contributed by atoms with van der Waals surface area (Å²) in [5.41, 5.74) is 11.6. The van der Waals surface area contributed by atoms with Gasteiger partial charge in [0.15, 0.2) is 0 Å². The molecule has 0 amide bonds. The van der Waals surface area contributed by atoms with Gasteiger partial charge in [-0.3, -0.25) is 15.8 Å². The highest BCUT2D eigenvalue weighted by molar-refractivity contribution is 5.76. The van der Waals surface area contributed by atoms with Crippen molar-refractivity contribution in [1.29, 1.82) is 0 Å². The third-order valence-corrected chi connectivity index (χ3v) is 3.87. The van der Waals surface area contributed by atoms with Crippen molar-refractivity contribution >= 4 is 11.0 Å². The van der Waals surface area contributed by atoms with Gasteiger partial charge in [-0.1, -0.05) is 30.3 Å². The lowest BCUT2D eigenvalue weighted by molar-refractivity contribution is 0.581. The van der Waals surface area contributed by atoms with E-state index >= 15 is 0 Å². The Hall–Kier alpha value is -2.30. The molecule has 1 fully saturated rings. The summed E-state index contributed by atoms with van der Waals surface area (Å²) >= 11 is 0. The second kappa shape index (κ2) is 5.24. The maximum atomic E-state index is 4.71. The van der Waals surface area contributed by atoms with Crippen LogP contribution < -0.4 is 10.9 Å². The summed E-state index contributed by atoms with van der Waals surface area (Å²) in [6, 6.07) is 16.9. The summed E-state index contributed by atoms with van der Waals surface area (Å²) < 4.78 is 0. The fraction of sp³-hybridized carbons (Fsp3) is 0.176. The van der Waals surface area contributed by atoms with Crippen LogP contribution in [0.5, 0.6) is 0 Å². The molecule has 2 N–H and O–H groups in total. The summed E-state index contributed by atoms with van der Waals surface area (Å²) in [6.45, 7) is 1.00. The lowest BCUT2D eigenvalue weighted by Gasteiger charge is -2.11. The number of rotatable bonds is 2. The van der Waals surface area contributed by atoms with E-state index in [4.69, 9.17) is 4.98 Å². The van der Waals surface area contributed by atoms with Crippen molar-refractivity contribution in [2.24, 2.45) is 0 Å². The van der Waals surface area contributed by atoms with Gasteiger partial charge in [0, 0.05) is 18.2 Å². The number of fused-ring (bicyclic) bond motifs is 1. The van der Waals surface area contributed by atoms with E-state index in [1.54, 1.807) is 0 Å². The van der Waals surface area contributed by atoms with E-state index < -0.39 is 0 Å². The second-order valence-corrected chi connectivity index (χ2v) is 5.28. The monoisotopic (exact) mass is 276 g/mol. The third-order valence-electron chi connectivity index (χ3n) is 3.87. The van der Waals surface area contributed by atoms with Crippen molar-refractivity contribution in [3.63, 3.8) is 0 Å². The number of nitrogens with one attached hydrogen (secondary N) is 2. The Bertz CT molecular complexity index is 778. The van der Waals surface area contributed by atoms with Gasteiger partial charge in [0.1, 0.15) is 0 Å². The Kier molecular flexibility index (Phi) is 3.10. The number of para-hydroxylation sites is 2. The first-order valence-electron chi connectivity index (χ1n) is 7.21. The number of hydrogen-bond donors (Lipinski definition) is 2. The largest absolute Gasteiger partial charge is 0.257 e. The number of nitrogens with zero attached hydrogens (tertiary/aromatic N) is 2. The van der Waals surface area contributed by atoms with Gasteiger partial charge in [-0.15, -0.1) is 0 Å². The fourth-order valence-corrected chi connectivity index (χ4v) is 2.75. The number of aromatic nitrogens is 2. The lowest BCUT2D eigenvalue weighted by atomic mass is 10.0. The average Bonchev–Trinajstić information content (AvgIpc) is 3.09. The molecule has 1 unspecified atom stereocenters. The highest BCUT2D eigenvalue weighted by Gasteiger charge is 2.16. The zero-order chi connectivity index (χ0) is 14.1. The van der Waals surface area contributed by atoms with Gasteiger partial charge in [-0.05, 0) is 30.2 Å². The Balaban J connectivity index is 1.75.